The van der Waals surface area contributed by atoms with Gasteiger partial charge in [-0.25, -0.2) is 4.39 Å². The number of halogens is 4. The number of hydrogen-bond acceptors (Lipinski definition) is 4. The van der Waals surface area contributed by atoms with Gasteiger partial charge in [0.25, 0.3) is 5.91 Å². The minimum Gasteiger partial charge on any atom is -0.380 e. The summed E-state index contributed by atoms with van der Waals surface area (Å²) in [6.45, 7) is 0.567. The van der Waals surface area contributed by atoms with Crippen LogP contribution in [-0.4, -0.2) is 58.1 Å². The van der Waals surface area contributed by atoms with Crippen LogP contribution >= 0.6 is 0 Å². The number of nitrogens with zero attached hydrogens (tertiary/aromatic N) is 4. The topological polar surface area (TPSA) is 60.2 Å². The molecule has 0 aliphatic carbocycles. The number of pyridine rings is 1. The lowest BCUT2D eigenvalue weighted by atomic mass is 10.1. The van der Waals surface area contributed by atoms with Crippen molar-refractivity contribution in [2.24, 2.45) is 0 Å². The average molecular weight is 436 g/mol. The summed E-state index contributed by atoms with van der Waals surface area (Å²) in [5.74, 6) is -0.757. The van der Waals surface area contributed by atoms with E-state index in [1.54, 1.807) is 17.0 Å². The molecule has 1 fully saturated rings. The highest BCUT2D eigenvalue weighted by Crippen LogP contribution is 2.26. The molecule has 164 valence electrons. The Bertz CT molecular complexity index is 1070. The van der Waals surface area contributed by atoms with Crippen molar-refractivity contribution in [3.05, 3.63) is 59.3 Å². The molecule has 1 aromatic carbocycles. The highest BCUT2D eigenvalue weighted by molar-refractivity contribution is 5.96. The van der Waals surface area contributed by atoms with E-state index in [1.807, 2.05) is 0 Å². The SMILES string of the molecule is O=C(c1cc2c(cn1)c(Cc1ccc(F)cc1)nn2CC(F)(F)F)N1CCCOCC1. The molecule has 0 bridgehead atoms. The van der Waals surface area contributed by atoms with Gasteiger partial charge in [-0.3, -0.25) is 14.5 Å². The number of amides is 1. The standard InChI is InChI=1S/C21H20F4N4O2/c22-15-4-2-14(3-5-15)10-17-16-12-26-18(20(30)28-6-1-8-31-9-7-28)11-19(16)29(27-17)13-21(23,24)25/h2-5,11-12H,1,6-10,13H2. The van der Waals surface area contributed by atoms with E-state index in [4.69, 9.17) is 4.74 Å². The van der Waals surface area contributed by atoms with E-state index in [0.717, 1.165) is 4.68 Å². The lowest BCUT2D eigenvalue weighted by Crippen LogP contribution is -2.33. The molecule has 10 heteroatoms. The van der Waals surface area contributed by atoms with Crippen molar-refractivity contribution in [1.29, 1.82) is 0 Å². The van der Waals surface area contributed by atoms with Crippen molar-refractivity contribution in [2.45, 2.75) is 25.6 Å². The molecule has 0 N–H and O–H groups in total. The number of fused-ring (bicyclic) bond motifs is 1. The fraction of sp³-hybridized carbons (Fsp3) is 0.381. The fourth-order valence-corrected chi connectivity index (χ4v) is 3.58. The van der Waals surface area contributed by atoms with Crippen LogP contribution in [0.5, 0.6) is 0 Å². The van der Waals surface area contributed by atoms with Gasteiger partial charge in [0, 0.05) is 37.7 Å². The summed E-state index contributed by atoms with van der Waals surface area (Å²) < 4.78 is 58.8. The third-order valence-corrected chi connectivity index (χ3v) is 5.05. The number of aromatic nitrogens is 3. The number of hydrogen-bond donors (Lipinski definition) is 0. The number of carbonyl (C=O) groups excluding carboxylic acids is 1. The Hall–Kier alpha value is -3.01. The minimum atomic E-state index is -4.48. The zero-order chi connectivity index (χ0) is 22.0. The molecule has 1 aliphatic rings. The first-order valence-electron chi connectivity index (χ1n) is 9.84. The van der Waals surface area contributed by atoms with Crippen LogP contribution in [0.25, 0.3) is 10.9 Å². The zero-order valence-corrected chi connectivity index (χ0v) is 16.5. The second kappa shape index (κ2) is 8.62. The minimum absolute atomic E-state index is 0.0612. The Morgan fingerprint density at radius 2 is 1.90 bits per heavy atom. The Morgan fingerprint density at radius 3 is 2.65 bits per heavy atom. The predicted molar refractivity (Wildman–Crippen MR) is 104 cm³/mol. The van der Waals surface area contributed by atoms with Crippen molar-refractivity contribution in [3.63, 3.8) is 0 Å². The van der Waals surface area contributed by atoms with Crippen molar-refractivity contribution in [3.8, 4) is 0 Å². The van der Waals surface area contributed by atoms with Crippen molar-refractivity contribution in [1.82, 2.24) is 19.7 Å². The first kappa shape index (κ1) is 21.2. The van der Waals surface area contributed by atoms with E-state index in [-0.39, 0.29) is 23.5 Å². The van der Waals surface area contributed by atoms with Gasteiger partial charge >= 0.3 is 6.18 Å². The maximum Gasteiger partial charge on any atom is 0.408 e. The van der Waals surface area contributed by atoms with Gasteiger partial charge < -0.3 is 9.64 Å². The van der Waals surface area contributed by atoms with Gasteiger partial charge in [-0.2, -0.15) is 18.3 Å². The first-order valence-corrected chi connectivity index (χ1v) is 9.84. The normalized spacial score (nSPS) is 15.3. The molecule has 3 heterocycles. The first-order chi connectivity index (χ1) is 14.8. The van der Waals surface area contributed by atoms with Crippen molar-refractivity contribution < 1.29 is 27.1 Å². The monoisotopic (exact) mass is 436 g/mol. The van der Waals surface area contributed by atoms with E-state index >= 15 is 0 Å². The summed E-state index contributed by atoms with van der Waals surface area (Å²) in [4.78, 5) is 18.6. The molecule has 1 saturated heterocycles. The highest BCUT2D eigenvalue weighted by Gasteiger charge is 2.30. The average Bonchev–Trinajstić information content (AvgIpc) is 2.90. The van der Waals surface area contributed by atoms with Crippen molar-refractivity contribution >= 4 is 16.8 Å². The molecule has 1 amide bonds. The fourth-order valence-electron chi connectivity index (χ4n) is 3.58. The van der Waals surface area contributed by atoms with Gasteiger partial charge in [0.05, 0.1) is 17.8 Å². The quantitative estimate of drug-likeness (QED) is 0.587. The van der Waals surface area contributed by atoms with Crippen LogP contribution in [0.3, 0.4) is 0 Å². The summed E-state index contributed by atoms with van der Waals surface area (Å²) in [7, 11) is 0. The molecule has 2 aromatic heterocycles. The highest BCUT2D eigenvalue weighted by atomic mass is 19.4. The molecule has 0 radical (unpaired) electrons. The van der Waals surface area contributed by atoms with Gasteiger partial charge in [-0.05, 0) is 30.2 Å². The summed E-state index contributed by atoms with van der Waals surface area (Å²) in [6.07, 6.45) is -2.21. The molecule has 6 nitrogen and oxygen atoms in total. The van der Waals surface area contributed by atoms with Gasteiger partial charge in [0.2, 0.25) is 0 Å². The number of ether oxygens (including phenoxy) is 1. The number of rotatable bonds is 4. The maximum absolute atomic E-state index is 13.2. The van der Waals surface area contributed by atoms with Crippen LogP contribution < -0.4 is 0 Å². The molecule has 31 heavy (non-hydrogen) atoms. The largest absolute Gasteiger partial charge is 0.408 e. The number of alkyl halides is 3. The third-order valence-electron chi connectivity index (χ3n) is 5.05. The molecular weight excluding hydrogens is 416 g/mol. The van der Waals surface area contributed by atoms with Gasteiger partial charge in [-0.15, -0.1) is 0 Å². The zero-order valence-electron chi connectivity index (χ0n) is 16.5. The van der Waals surface area contributed by atoms with Gasteiger partial charge in [0.15, 0.2) is 0 Å². The van der Waals surface area contributed by atoms with Gasteiger partial charge in [0.1, 0.15) is 18.1 Å². The van der Waals surface area contributed by atoms with Crippen LogP contribution in [0.15, 0.2) is 36.5 Å². The Morgan fingerprint density at radius 1 is 1.13 bits per heavy atom. The number of carbonyl (C=O) groups is 1. The van der Waals surface area contributed by atoms with Crippen molar-refractivity contribution in [2.75, 3.05) is 26.3 Å². The smallest absolute Gasteiger partial charge is 0.380 e. The summed E-state index contributed by atoms with van der Waals surface area (Å²) in [6, 6.07) is 7.03. The molecular formula is C21H20F4N4O2. The lowest BCUT2D eigenvalue weighted by molar-refractivity contribution is -0.141. The maximum atomic E-state index is 13.2. The predicted octanol–water partition coefficient (Wildman–Crippen LogP) is 3.59. The van der Waals surface area contributed by atoms with E-state index in [0.29, 0.717) is 49.4 Å². The molecule has 1 aliphatic heterocycles. The van der Waals surface area contributed by atoms with Crippen LogP contribution in [-0.2, 0) is 17.7 Å². The molecule has 4 rings (SSSR count). The Labute approximate surface area is 175 Å². The second-order valence-corrected chi connectivity index (χ2v) is 7.37. The Kier molecular flexibility index (Phi) is 5.90. The summed E-state index contributed by atoms with van der Waals surface area (Å²) >= 11 is 0. The summed E-state index contributed by atoms with van der Waals surface area (Å²) in [5, 5.41) is 4.56. The van der Waals surface area contributed by atoms with E-state index < -0.39 is 18.5 Å². The summed E-state index contributed by atoms with van der Waals surface area (Å²) in [5.41, 5.74) is 1.31. The van der Waals surface area contributed by atoms with Crippen LogP contribution in [0.4, 0.5) is 17.6 Å². The lowest BCUT2D eigenvalue weighted by Gasteiger charge is -2.19. The molecule has 0 unspecified atom stereocenters. The van der Waals surface area contributed by atoms with E-state index in [2.05, 4.69) is 10.1 Å². The molecule has 3 aromatic rings. The molecule has 0 atom stereocenters. The van der Waals surface area contributed by atoms with Gasteiger partial charge in [-0.1, -0.05) is 12.1 Å². The Balaban J connectivity index is 1.71. The molecule has 0 saturated carbocycles. The number of benzene rings is 1. The van der Waals surface area contributed by atoms with Crippen LogP contribution in [0, 0.1) is 5.82 Å². The van der Waals surface area contributed by atoms with Crippen LogP contribution in [0.2, 0.25) is 0 Å². The van der Waals surface area contributed by atoms with E-state index in [9.17, 15) is 22.4 Å². The molecule has 0 spiro atoms. The second-order valence-electron chi connectivity index (χ2n) is 7.37. The van der Waals surface area contributed by atoms with Crippen LogP contribution in [0.1, 0.15) is 28.2 Å². The third kappa shape index (κ3) is 5.01. The van der Waals surface area contributed by atoms with E-state index in [1.165, 1.54) is 24.4 Å².